The summed E-state index contributed by atoms with van der Waals surface area (Å²) in [5, 5.41) is 17.5. The van der Waals surface area contributed by atoms with Gasteiger partial charge in [-0.15, -0.1) is 0 Å². The van der Waals surface area contributed by atoms with Gasteiger partial charge in [0.05, 0.1) is 18.9 Å². The highest BCUT2D eigenvalue weighted by molar-refractivity contribution is 5.74. The number of carboxylic acid groups (broad SMARTS) is 2. The number of unbranched alkanes of at least 4 members (excludes halogenated alkanes) is 7. The first-order valence-electron chi connectivity index (χ1n) is 8.90. The molecule has 0 amide bonds. The van der Waals surface area contributed by atoms with E-state index in [1.54, 1.807) is 6.92 Å². The van der Waals surface area contributed by atoms with Crippen molar-refractivity contribution in [2.24, 2.45) is 11.8 Å². The molecule has 0 aliphatic heterocycles. The third-order valence-corrected chi connectivity index (χ3v) is 4.29. The maximum atomic E-state index is 11.7. The highest BCUT2D eigenvalue weighted by Gasteiger charge is 2.24. The number of esters is 1. The van der Waals surface area contributed by atoms with Crippen molar-refractivity contribution in [3.63, 3.8) is 0 Å². The molecule has 0 saturated carbocycles. The summed E-state index contributed by atoms with van der Waals surface area (Å²) in [6.45, 7) is 1.61. The second-order valence-corrected chi connectivity index (χ2v) is 6.46. The van der Waals surface area contributed by atoms with Gasteiger partial charge in [0.15, 0.2) is 0 Å². The summed E-state index contributed by atoms with van der Waals surface area (Å²) in [5.41, 5.74) is 0. The van der Waals surface area contributed by atoms with Crippen molar-refractivity contribution >= 4 is 17.9 Å². The third kappa shape index (κ3) is 11.9. The lowest BCUT2D eigenvalue weighted by Gasteiger charge is -2.16. The summed E-state index contributed by atoms with van der Waals surface area (Å²) < 4.78 is 4.77. The van der Waals surface area contributed by atoms with Crippen LogP contribution >= 0.6 is 0 Å². The first kappa shape index (κ1) is 22.4. The van der Waals surface area contributed by atoms with E-state index in [-0.39, 0.29) is 18.3 Å². The summed E-state index contributed by atoms with van der Waals surface area (Å²) in [6.07, 6.45) is 9.24. The van der Waals surface area contributed by atoms with Crippen LogP contribution < -0.4 is 0 Å². The Morgan fingerprint density at radius 1 is 0.875 bits per heavy atom. The monoisotopic (exact) mass is 344 g/mol. The second kappa shape index (κ2) is 13.8. The van der Waals surface area contributed by atoms with Crippen molar-refractivity contribution in [2.75, 3.05) is 7.11 Å². The van der Waals surface area contributed by atoms with Crippen LogP contribution in [0.1, 0.15) is 77.6 Å². The van der Waals surface area contributed by atoms with E-state index in [0.717, 1.165) is 51.4 Å². The summed E-state index contributed by atoms with van der Waals surface area (Å²) in [6, 6.07) is 0. The van der Waals surface area contributed by atoms with Crippen LogP contribution in [0.2, 0.25) is 0 Å². The zero-order valence-electron chi connectivity index (χ0n) is 15.0. The Kier molecular flexibility index (Phi) is 12.9. The zero-order chi connectivity index (χ0) is 18.4. The van der Waals surface area contributed by atoms with Gasteiger partial charge >= 0.3 is 17.9 Å². The standard InChI is InChI=1S/C18H32O6/c1-14(17(21)22)13-15(18(23)24-2)11-9-7-5-3-4-6-8-10-12-16(19)20/h14-15H,3-13H2,1-2H3,(H,19,20)(H,21,22). The molecular weight excluding hydrogens is 312 g/mol. The molecule has 0 aromatic heterocycles. The van der Waals surface area contributed by atoms with Crippen molar-refractivity contribution in [2.45, 2.75) is 77.6 Å². The van der Waals surface area contributed by atoms with Gasteiger partial charge in [-0.1, -0.05) is 51.9 Å². The number of aliphatic carboxylic acids is 2. The molecule has 0 rings (SSSR count). The van der Waals surface area contributed by atoms with Gasteiger partial charge in [-0.3, -0.25) is 14.4 Å². The Balaban J connectivity index is 3.75. The number of hydrogen-bond donors (Lipinski definition) is 2. The molecule has 0 aromatic carbocycles. The molecule has 140 valence electrons. The SMILES string of the molecule is COC(=O)C(CCCCCCCCCCC(=O)O)CC(C)C(=O)O. The van der Waals surface area contributed by atoms with E-state index >= 15 is 0 Å². The first-order valence-corrected chi connectivity index (χ1v) is 8.90. The van der Waals surface area contributed by atoms with Gasteiger partial charge in [-0.2, -0.15) is 0 Å². The fraction of sp³-hybridized carbons (Fsp3) is 0.833. The van der Waals surface area contributed by atoms with E-state index in [1.165, 1.54) is 7.11 Å². The van der Waals surface area contributed by atoms with Gasteiger partial charge in [0.25, 0.3) is 0 Å². The molecule has 0 aromatic rings. The Morgan fingerprint density at radius 3 is 1.83 bits per heavy atom. The summed E-state index contributed by atoms with van der Waals surface area (Å²) in [5.74, 6) is -2.81. The molecule has 2 N–H and O–H groups in total. The van der Waals surface area contributed by atoms with Crippen molar-refractivity contribution < 1.29 is 29.3 Å². The summed E-state index contributed by atoms with van der Waals surface area (Å²) in [7, 11) is 1.34. The molecule has 0 bridgehead atoms. The minimum Gasteiger partial charge on any atom is -0.481 e. The molecule has 0 aliphatic carbocycles. The Labute approximate surface area is 144 Å². The topological polar surface area (TPSA) is 101 Å². The van der Waals surface area contributed by atoms with Crippen LogP contribution in [0.4, 0.5) is 0 Å². The van der Waals surface area contributed by atoms with Crippen LogP contribution in [0.5, 0.6) is 0 Å². The van der Waals surface area contributed by atoms with E-state index in [4.69, 9.17) is 14.9 Å². The summed E-state index contributed by atoms with van der Waals surface area (Å²) in [4.78, 5) is 33.0. The van der Waals surface area contributed by atoms with E-state index in [2.05, 4.69) is 0 Å². The second-order valence-electron chi connectivity index (χ2n) is 6.46. The molecule has 2 atom stereocenters. The average molecular weight is 344 g/mol. The van der Waals surface area contributed by atoms with E-state index in [1.807, 2.05) is 0 Å². The normalized spacial score (nSPS) is 13.2. The predicted molar refractivity (Wildman–Crippen MR) is 90.7 cm³/mol. The molecule has 0 fully saturated rings. The molecule has 0 aliphatic rings. The average Bonchev–Trinajstić information content (AvgIpc) is 2.53. The number of rotatable bonds is 15. The van der Waals surface area contributed by atoms with Crippen LogP contribution in [-0.2, 0) is 19.1 Å². The molecule has 0 heterocycles. The number of hydrogen-bond acceptors (Lipinski definition) is 4. The number of methoxy groups -OCH3 is 1. The quantitative estimate of drug-likeness (QED) is 0.345. The van der Waals surface area contributed by atoms with Crippen LogP contribution in [0.15, 0.2) is 0 Å². The fourth-order valence-electron chi connectivity index (χ4n) is 2.75. The smallest absolute Gasteiger partial charge is 0.308 e. The van der Waals surface area contributed by atoms with E-state index < -0.39 is 17.9 Å². The van der Waals surface area contributed by atoms with Crippen molar-refractivity contribution in [1.29, 1.82) is 0 Å². The largest absolute Gasteiger partial charge is 0.481 e. The van der Waals surface area contributed by atoms with Gasteiger partial charge in [0.1, 0.15) is 0 Å². The number of carbonyl (C=O) groups is 3. The van der Waals surface area contributed by atoms with E-state index in [9.17, 15) is 14.4 Å². The van der Waals surface area contributed by atoms with Gasteiger partial charge in [-0.25, -0.2) is 0 Å². The van der Waals surface area contributed by atoms with Crippen molar-refractivity contribution in [3.8, 4) is 0 Å². The Hall–Kier alpha value is -1.59. The molecule has 0 saturated heterocycles. The van der Waals surface area contributed by atoms with E-state index in [0.29, 0.717) is 12.8 Å². The lowest BCUT2D eigenvalue weighted by atomic mass is 9.91. The highest BCUT2D eigenvalue weighted by Crippen LogP contribution is 2.21. The van der Waals surface area contributed by atoms with Crippen LogP contribution in [0.25, 0.3) is 0 Å². The van der Waals surface area contributed by atoms with Gasteiger partial charge in [-0.05, 0) is 19.3 Å². The maximum absolute atomic E-state index is 11.7. The lowest BCUT2D eigenvalue weighted by Crippen LogP contribution is -2.22. The molecule has 2 unspecified atom stereocenters. The molecule has 0 radical (unpaired) electrons. The molecular formula is C18H32O6. The highest BCUT2D eigenvalue weighted by atomic mass is 16.5. The lowest BCUT2D eigenvalue weighted by molar-refractivity contribution is -0.148. The van der Waals surface area contributed by atoms with Gasteiger partial charge in [0.2, 0.25) is 0 Å². The van der Waals surface area contributed by atoms with Gasteiger partial charge in [0, 0.05) is 6.42 Å². The molecule has 24 heavy (non-hydrogen) atoms. The number of ether oxygens (including phenoxy) is 1. The number of carboxylic acids is 2. The zero-order valence-corrected chi connectivity index (χ0v) is 15.0. The third-order valence-electron chi connectivity index (χ3n) is 4.29. The minimum atomic E-state index is -0.883. The fourth-order valence-corrected chi connectivity index (χ4v) is 2.75. The van der Waals surface area contributed by atoms with Crippen molar-refractivity contribution in [3.05, 3.63) is 0 Å². The number of carbonyl (C=O) groups excluding carboxylic acids is 1. The predicted octanol–water partition coefficient (Wildman–Crippen LogP) is 3.87. The van der Waals surface area contributed by atoms with Crippen LogP contribution in [0, 0.1) is 11.8 Å². The van der Waals surface area contributed by atoms with Crippen LogP contribution in [-0.4, -0.2) is 35.2 Å². The molecule has 6 nitrogen and oxygen atoms in total. The molecule has 0 spiro atoms. The first-order chi connectivity index (χ1) is 11.4. The minimum absolute atomic E-state index is 0.254. The Bertz CT molecular complexity index is 380. The maximum Gasteiger partial charge on any atom is 0.308 e. The van der Waals surface area contributed by atoms with Crippen LogP contribution in [0.3, 0.4) is 0 Å². The molecule has 6 heteroatoms. The van der Waals surface area contributed by atoms with Crippen molar-refractivity contribution in [1.82, 2.24) is 0 Å². The summed E-state index contributed by atoms with van der Waals surface area (Å²) >= 11 is 0. The van der Waals surface area contributed by atoms with Gasteiger partial charge < -0.3 is 14.9 Å². The Morgan fingerprint density at radius 2 is 1.38 bits per heavy atom.